The third-order valence-electron chi connectivity index (χ3n) is 3.95. The van der Waals surface area contributed by atoms with Crippen LogP contribution in [0.3, 0.4) is 0 Å². The lowest BCUT2D eigenvalue weighted by molar-refractivity contribution is -0.113. The average molecular weight is 351 g/mol. The fourth-order valence-electron chi connectivity index (χ4n) is 2.62. The minimum absolute atomic E-state index is 0.0636. The van der Waals surface area contributed by atoms with Gasteiger partial charge in [-0.2, -0.15) is 0 Å². The number of anilines is 1. The summed E-state index contributed by atoms with van der Waals surface area (Å²) in [5.41, 5.74) is 1.63. The van der Waals surface area contributed by atoms with Crippen molar-refractivity contribution < 1.29 is 4.79 Å². The van der Waals surface area contributed by atoms with E-state index in [-0.39, 0.29) is 5.91 Å². The molecule has 0 saturated carbocycles. The summed E-state index contributed by atoms with van der Waals surface area (Å²) in [6.07, 6.45) is 4.51. The predicted octanol–water partition coefficient (Wildman–Crippen LogP) is 3.70. The summed E-state index contributed by atoms with van der Waals surface area (Å²) in [6, 6.07) is 5.50. The second-order valence-corrected chi connectivity index (χ2v) is 6.96. The molecule has 122 valence electrons. The highest BCUT2D eigenvalue weighted by molar-refractivity contribution is 7.99. The van der Waals surface area contributed by atoms with Crippen molar-refractivity contribution >= 4 is 35.0 Å². The molecule has 2 aromatic rings. The normalized spacial score (nSPS) is 14.2. The Morgan fingerprint density at radius 1 is 1.35 bits per heavy atom. The first-order valence-corrected chi connectivity index (χ1v) is 9.11. The van der Waals surface area contributed by atoms with Gasteiger partial charge in [0.25, 0.3) is 0 Å². The molecule has 1 aromatic heterocycles. The highest BCUT2D eigenvalue weighted by Gasteiger charge is 2.16. The van der Waals surface area contributed by atoms with Crippen LogP contribution in [0.2, 0.25) is 5.02 Å². The van der Waals surface area contributed by atoms with Crippen molar-refractivity contribution in [1.82, 2.24) is 14.8 Å². The van der Waals surface area contributed by atoms with E-state index in [4.69, 9.17) is 11.6 Å². The Bertz CT molecular complexity index is 716. The van der Waals surface area contributed by atoms with Crippen molar-refractivity contribution in [3.05, 3.63) is 34.6 Å². The van der Waals surface area contributed by atoms with Gasteiger partial charge in [0.15, 0.2) is 5.16 Å². The largest absolute Gasteiger partial charge is 0.325 e. The molecule has 1 amide bonds. The maximum Gasteiger partial charge on any atom is 0.234 e. The molecular formula is C16H19ClN4OS. The highest BCUT2D eigenvalue weighted by Crippen LogP contribution is 2.24. The van der Waals surface area contributed by atoms with E-state index in [0.29, 0.717) is 10.8 Å². The van der Waals surface area contributed by atoms with Gasteiger partial charge in [-0.1, -0.05) is 35.9 Å². The number of carbonyl (C=O) groups excluding carboxylic acids is 1. The molecule has 1 aliphatic heterocycles. The van der Waals surface area contributed by atoms with Gasteiger partial charge < -0.3 is 9.88 Å². The standard InChI is InChI=1S/C16H19ClN4OS/c1-11-12(17)6-5-7-13(11)18-15(22)10-23-16-20-19-14-8-3-2-4-9-21(14)16/h5-7H,2-4,8-10H2,1H3,(H,18,22). The quantitative estimate of drug-likeness (QED) is 0.854. The molecule has 0 fully saturated rings. The Labute approximate surface area is 144 Å². The van der Waals surface area contributed by atoms with E-state index in [9.17, 15) is 4.79 Å². The van der Waals surface area contributed by atoms with Crippen molar-refractivity contribution in [3.63, 3.8) is 0 Å². The molecular weight excluding hydrogens is 332 g/mol. The molecule has 0 bridgehead atoms. The van der Waals surface area contributed by atoms with Crippen LogP contribution in [0.4, 0.5) is 5.69 Å². The maximum atomic E-state index is 12.2. The zero-order valence-electron chi connectivity index (χ0n) is 13.0. The first kappa shape index (κ1) is 16.3. The van der Waals surface area contributed by atoms with E-state index in [0.717, 1.165) is 48.0 Å². The first-order chi connectivity index (χ1) is 11.1. The lowest BCUT2D eigenvalue weighted by Crippen LogP contribution is -2.15. The summed E-state index contributed by atoms with van der Waals surface area (Å²) in [4.78, 5) is 12.2. The predicted molar refractivity (Wildman–Crippen MR) is 93.1 cm³/mol. The third-order valence-corrected chi connectivity index (χ3v) is 5.33. The summed E-state index contributed by atoms with van der Waals surface area (Å²) in [7, 11) is 0. The molecule has 1 N–H and O–H groups in total. The van der Waals surface area contributed by atoms with Gasteiger partial charge in [-0.3, -0.25) is 4.79 Å². The molecule has 5 nitrogen and oxygen atoms in total. The van der Waals surface area contributed by atoms with Gasteiger partial charge in [-0.25, -0.2) is 0 Å². The second kappa shape index (κ2) is 7.36. The number of rotatable bonds is 4. The van der Waals surface area contributed by atoms with E-state index in [2.05, 4.69) is 20.1 Å². The van der Waals surface area contributed by atoms with E-state index < -0.39 is 0 Å². The molecule has 1 aromatic carbocycles. The number of nitrogens with zero attached hydrogens (tertiary/aromatic N) is 3. The molecule has 0 atom stereocenters. The monoisotopic (exact) mass is 350 g/mol. The number of benzene rings is 1. The van der Waals surface area contributed by atoms with Crippen LogP contribution in [-0.4, -0.2) is 26.4 Å². The van der Waals surface area contributed by atoms with Gasteiger partial charge in [-0.15, -0.1) is 10.2 Å². The summed E-state index contributed by atoms with van der Waals surface area (Å²) in [5, 5.41) is 12.9. The summed E-state index contributed by atoms with van der Waals surface area (Å²) in [6.45, 7) is 2.84. The molecule has 1 aliphatic rings. The van der Waals surface area contributed by atoms with Crippen molar-refractivity contribution in [1.29, 1.82) is 0 Å². The zero-order chi connectivity index (χ0) is 16.2. The van der Waals surface area contributed by atoms with Gasteiger partial charge in [0.2, 0.25) is 5.91 Å². The Kier molecular flexibility index (Phi) is 5.23. The lowest BCUT2D eigenvalue weighted by atomic mass is 10.2. The Hall–Kier alpha value is -1.53. The SMILES string of the molecule is Cc1c(Cl)cccc1NC(=O)CSc1nnc2n1CCCCC2. The van der Waals surface area contributed by atoms with E-state index in [1.807, 2.05) is 25.1 Å². The topological polar surface area (TPSA) is 59.8 Å². The number of nitrogens with one attached hydrogen (secondary N) is 1. The fraction of sp³-hybridized carbons (Fsp3) is 0.438. The van der Waals surface area contributed by atoms with Crippen LogP contribution >= 0.6 is 23.4 Å². The molecule has 0 radical (unpaired) electrons. The van der Waals surface area contributed by atoms with Crippen molar-refractivity contribution in [2.75, 3.05) is 11.1 Å². The molecule has 0 saturated heterocycles. The number of amides is 1. The zero-order valence-corrected chi connectivity index (χ0v) is 14.6. The van der Waals surface area contributed by atoms with E-state index in [1.165, 1.54) is 18.2 Å². The summed E-state index contributed by atoms with van der Waals surface area (Å²) < 4.78 is 2.15. The number of carbonyl (C=O) groups is 1. The number of halogens is 1. The Morgan fingerprint density at radius 3 is 3.09 bits per heavy atom. The van der Waals surface area contributed by atoms with Gasteiger partial charge in [0, 0.05) is 23.7 Å². The van der Waals surface area contributed by atoms with Gasteiger partial charge >= 0.3 is 0 Å². The molecule has 0 spiro atoms. The number of hydrogen-bond donors (Lipinski definition) is 1. The number of thioether (sulfide) groups is 1. The number of hydrogen-bond acceptors (Lipinski definition) is 4. The third kappa shape index (κ3) is 3.87. The van der Waals surface area contributed by atoms with Gasteiger partial charge in [0.1, 0.15) is 5.82 Å². The molecule has 23 heavy (non-hydrogen) atoms. The van der Waals surface area contributed by atoms with Crippen molar-refractivity contribution in [2.45, 2.75) is 44.3 Å². The fourth-order valence-corrected chi connectivity index (χ4v) is 3.58. The molecule has 0 aliphatic carbocycles. The van der Waals surface area contributed by atoms with Crippen molar-refractivity contribution in [2.24, 2.45) is 0 Å². The molecule has 3 rings (SSSR count). The van der Waals surface area contributed by atoms with Crippen LogP contribution < -0.4 is 5.32 Å². The minimum Gasteiger partial charge on any atom is -0.325 e. The minimum atomic E-state index is -0.0636. The lowest BCUT2D eigenvalue weighted by Gasteiger charge is -2.10. The number of aromatic nitrogens is 3. The van der Waals surface area contributed by atoms with E-state index >= 15 is 0 Å². The first-order valence-electron chi connectivity index (χ1n) is 7.75. The second-order valence-electron chi connectivity index (χ2n) is 5.61. The van der Waals surface area contributed by atoms with Crippen LogP contribution in [0.5, 0.6) is 0 Å². The molecule has 2 heterocycles. The molecule has 0 unspecified atom stereocenters. The van der Waals surface area contributed by atoms with Crippen LogP contribution in [0.25, 0.3) is 0 Å². The van der Waals surface area contributed by atoms with E-state index in [1.54, 1.807) is 0 Å². The van der Waals surface area contributed by atoms with Gasteiger partial charge in [0.05, 0.1) is 5.75 Å². The van der Waals surface area contributed by atoms with Crippen LogP contribution in [-0.2, 0) is 17.8 Å². The van der Waals surface area contributed by atoms with Gasteiger partial charge in [-0.05, 0) is 37.5 Å². The van der Waals surface area contributed by atoms with Crippen LogP contribution in [0.1, 0.15) is 30.7 Å². The Balaban J connectivity index is 1.61. The smallest absolute Gasteiger partial charge is 0.234 e. The van der Waals surface area contributed by atoms with Crippen molar-refractivity contribution in [3.8, 4) is 0 Å². The summed E-state index contributed by atoms with van der Waals surface area (Å²) >= 11 is 7.51. The summed E-state index contributed by atoms with van der Waals surface area (Å²) in [5.74, 6) is 1.28. The Morgan fingerprint density at radius 2 is 2.22 bits per heavy atom. The van der Waals surface area contributed by atoms with Crippen LogP contribution in [0, 0.1) is 6.92 Å². The number of fused-ring (bicyclic) bond motifs is 1. The van der Waals surface area contributed by atoms with Crippen LogP contribution in [0.15, 0.2) is 23.4 Å². The maximum absolute atomic E-state index is 12.2. The number of aryl methyl sites for hydroxylation is 1. The highest BCUT2D eigenvalue weighted by atomic mass is 35.5. The average Bonchev–Trinajstić information content (AvgIpc) is 2.76. The molecule has 7 heteroatoms.